The maximum Gasteiger partial charge on any atom is 4.00 e. The number of nitrogens with zero attached hydrogens (tertiary/aromatic N) is 5. The summed E-state index contributed by atoms with van der Waals surface area (Å²) in [5.41, 5.74) is 0. The molecule has 0 amide bonds. The monoisotopic (exact) mass is 248 g/mol. The third-order valence-electron chi connectivity index (χ3n) is 0. The summed E-state index contributed by atoms with van der Waals surface area (Å²) in [4.78, 5) is 0. The van der Waals surface area contributed by atoms with Crippen LogP contribution in [-0.4, -0.2) is 0 Å². The molecule has 0 aliphatic heterocycles. The molecule has 14 heavy (non-hydrogen) atoms. The van der Waals surface area contributed by atoms with Crippen molar-refractivity contribution in [1.82, 2.24) is 0 Å². The van der Waals surface area contributed by atoms with Crippen molar-refractivity contribution in [3.8, 4) is 0 Å². The number of rotatable bonds is 0. The summed E-state index contributed by atoms with van der Waals surface area (Å²) < 4.78 is 0. The minimum Gasteiger partial charge on any atom is -0.693 e. The molecular formula is C5H2FeN6Na2. The van der Waals surface area contributed by atoms with Gasteiger partial charge in [-0.3, -0.25) is 0 Å². The van der Waals surface area contributed by atoms with E-state index in [1.54, 1.807) is 0 Å². The average molecular weight is 248 g/mol. The Hall–Kier alpha value is -0.0705. The molecule has 6 nitrogen and oxygen atoms in total. The summed E-state index contributed by atoms with van der Waals surface area (Å²) in [5, 5.41) is 31.2. The van der Waals surface area contributed by atoms with Gasteiger partial charge in [0.1, 0.15) is 0 Å². The number of hydrogen-bond donors (Lipinski definition) is 0. The second-order valence-corrected chi connectivity index (χ2v) is 0. The van der Waals surface area contributed by atoms with E-state index in [-0.39, 0.29) is 82.3 Å². The normalized spacial score (nSPS) is 0.714. The van der Waals surface area contributed by atoms with Gasteiger partial charge in [-0.1, -0.05) is 0 Å². The molecule has 0 aromatic rings. The molecule has 0 aromatic heterocycles. The first-order valence-electron chi connectivity index (χ1n) is 1.12. The van der Waals surface area contributed by atoms with Crippen molar-refractivity contribution in [3.05, 3.63) is 39.0 Å². The fourth-order valence-corrected chi connectivity index (χ4v) is 0. The Morgan fingerprint density at radius 3 is 0.429 bits per heavy atom. The molecule has 9 heteroatoms. The van der Waals surface area contributed by atoms with Crippen LogP contribution in [0.1, 0.15) is 0 Å². The minimum atomic E-state index is 0. The van der Waals surface area contributed by atoms with E-state index in [2.05, 4.69) is 0 Å². The smallest absolute Gasteiger partial charge is 0.693 e. The molecule has 2 N–H and O–H groups in total. The van der Waals surface area contributed by atoms with E-state index in [0.29, 0.717) is 0 Å². The van der Waals surface area contributed by atoms with Gasteiger partial charge in [0.2, 0.25) is 0 Å². The second-order valence-electron chi connectivity index (χ2n) is 0. The summed E-state index contributed by atoms with van der Waals surface area (Å²) in [7, 11) is 0. The molecule has 0 radical (unpaired) electrons. The molecule has 0 bridgehead atoms. The van der Waals surface area contributed by atoms with E-state index in [1.165, 1.54) is 0 Å². The van der Waals surface area contributed by atoms with Crippen LogP contribution in [0.2, 0.25) is 0 Å². The molecule has 0 spiro atoms. The van der Waals surface area contributed by atoms with E-state index in [4.69, 9.17) is 59.2 Å². The minimum absolute atomic E-state index is 0. The van der Waals surface area contributed by atoms with Gasteiger partial charge in [0.15, 0.2) is 0 Å². The van der Waals surface area contributed by atoms with E-state index < -0.39 is 0 Å². The van der Waals surface area contributed by atoms with Crippen LogP contribution in [0.5, 0.6) is 0 Å². The third kappa shape index (κ3) is 287000. The predicted molar refractivity (Wildman–Crippen MR) is 30.1 cm³/mol. The maximum atomic E-state index is 6.25. The quantitative estimate of drug-likeness (QED) is 0.311. The molecule has 0 saturated carbocycles. The van der Waals surface area contributed by atoms with Crippen LogP contribution in [0.25, 0.3) is 6.15 Å². The molecule has 62 valence electrons. The van der Waals surface area contributed by atoms with E-state index in [1.807, 2.05) is 0 Å². The van der Waals surface area contributed by atoms with E-state index >= 15 is 0 Å². The van der Waals surface area contributed by atoms with Crippen molar-refractivity contribution in [3.63, 3.8) is 0 Å². The van der Waals surface area contributed by atoms with Crippen LogP contribution >= 0.6 is 0 Å². The summed E-state index contributed by atoms with van der Waals surface area (Å²) in [6.07, 6.45) is 0. The molecular weight excluding hydrogens is 246 g/mol. The zero-order chi connectivity index (χ0) is 10.0. The van der Waals surface area contributed by atoms with Crippen LogP contribution in [0, 0.1) is 59.2 Å². The molecule has 0 aromatic carbocycles. The molecule has 0 heterocycles. The molecule has 0 aliphatic rings. The molecule has 0 atom stereocenters. The third-order valence-corrected chi connectivity index (χ3v) is 0. The SMILES string of the molecule is [C-]#N.[C-]#N.[C-]#N.[C-]#N.[C-]#N.[Fe+4].[NH2-].[Na+].[Na+]. The average Bonchev–Trinajstić information content (AvgIpc) is 2.20. The van der Waals surface area contributed by atoms with Crippen LogP contribution in [0.4, 0.5) is 0 Å². The topological polar surface area (TPSA) is 152 Å². The van der Waals surface area contributed by atoms with Crippen molar-refractivity contribution < 1.29 is 76.2 Å². The standard InChI is InChI=1S/5CN.Fe.H2N.2Na/c5*1-2;;;;/h;;;;;;1H2;;/q5*-1;+4;-1;2*+1. The molecule has 0 saturated heterocycles. The van der Waals surface area contributed by atoms with Gasteiger partial charge in [-0.15, -0.1) is 0 Å². The van der Waals surface area contributed by atoms with Crippen molar-refractivity contribution in [2.45, 2.75) is 0 Å². The second kappa shape index (κ2) is 370000. The van der Waals surface area contributed by atoms with Crippen LogP contribution in [-0.2, 0) is 17.1 Å². The van der Waals surface area contributed by atoms with Crippen LogP contribution in [0.15, 0.2) is 0 Å². The molecule has 0 aliphatic carbocycles. The Bertz CT molecular complexity index is 82.8. The van der Waals surface area contributed by atoms with Gasteiger partial charge in [0, 0.05) is 0 Å². The summed E-state index contributed by atoms with van der Waals surface area (Å²) in [5.74, 6) is 0. The van der Waals surface area contributed by atoms with Crippen LogP contribution in [0.3, 0.4) is 0 Å². The number of nitrogens with two attached hydrogens (primary N) is 1. The first kappa shape index (κ1) is 95.8. The maximum absolute atomic E-state index is 6.25. The first-order valence-corrected chi connectivity index (χ1v) is 1.12. The van der Waals surface area contributed by atoms with Crippen molar-refractivity contribution >= 4 is 0 Å². The molecule has 0 unspecified atom stereocenters. The fourth-order valence-electron chi connectivity index (χ4n) is 0. The van der Waals surface area contributed by atoms with E-state index in [9.17, 15) is 0 Å². The van der Waals surface area contributed by atoms with Crippen LogP contribution < -0.4 is 59.1 Å². The molecule has 0 rings (SSSR count). The van der Waals surface area contributed by atoms with Gasteiger partial charge in [0.25, 0.3) is 0 Å². The Morgan fingerprint density at radius 1 is 0.429 bits per heavy atom. The Labute approximate surface area is 140 Å². The van der Waals surface area contributed by atoms with Gasteiger partial charge < -0.3 is 65.3 Å². The van der Waals surface area contributed by atoms with Gasteiger partial charge >= 0.3 is 76.2 Å². The van der Waals surface area contributed by atoms with Gasteiger partial charge in [-0.2, -0.15) is 0 Å². The zero-order valence-electron chi connectivity index (χ0n) is 7.67. The Balaban J connectivity index is -0.00000000298. The Kier molecular flexibility index (Phi) is 2530000. The Morgan fingerprint density at radius 2 is 0.429 bits per heavy atom. The van der Waals surface area contributed by atoms with Gasteiger partial charge in [0.05, 0.1) is 0 Å². The van der Waals surface area contributed by atoms with Crippen molar-refractivity contribution in [1.29, 1.82) is 26.3 Å². The fraction of sp³-hybridized carbons (Fsp3) is 0. The predicted octanol–water partition coefficient (Wildman–Crippen LogP) is -4.80. The van der Waals surface area contributed by atoms with Gasteiger partial charge in [-0.05, 0) is 0 Å². The van der Waals surface area contributed by atoms with Crippen molar-refractivity contribution in [2.24, 2.45) is 0 Å². The summed E-state index contributed by atoms with van der Waals surface area (Å²) >= 11 is 0. The van der Waals surface area contributed by atoms with E-state index in [0.717, 1.165) is 0 Å². The molecule has 0 fully saturated rings. The first-order chi connectivity index (χ1) is 5.00. The largest absolute Gasteiger partial charge is 4.00 e. The summed E-state index contributed by atoms with van der Waals surface area (Å²) in [6.45, 7) is 23.8. The summed E-state index contributed by atoms with van der Waals surface area (Å²) in [6, 6.07) is 0. The van der Waals surface area contributed by atoms with Crippen molar-refractivity contribution in [2.75, 3.05) is 0 Å². The number of hydrogen-bond acceptors (Lipinski definition) is 5. The zero-order valence-corrected chi connectivity index (χ0v) is 12.8. The van der Waals surface area contributed by atoms with Gasteiger partial charge in [-0.25, -0.2) is 0 Å².